The Balaban J connectivity index is 2.09. The van der Waals surface area contributed by atoms with E-state index in [0.29, 0.717) is 10.1 Å². The zero-order chi connectivity index (χ0) is 13.8. The van der Waals surface area contributed by atoms with Crippen LogP contribution < -0.4 is 10.6 Å². The van der Waals surface area contributed by atoms with E-state index in [4.69, 9.17) is 23.8 Å². The Bertz CT molecular complexity index is 602. The van der Waals surface area contributed by atoms with Crippen LogP contribution >= 0.6 is 39.7 Å². The van der Waals surface area contributed by atoms with Gasteiger partial charge in [-0.2, -0.15) is 0 Å². The summed E-state index contributed by atoms with van der Waals surface area (Å²) < 4.78 is 0.923. The lowest BCUT2D eigenvalue weighted by Crippen LogP contribution is -2.19. The maximum Gasteiger partial charge on any atom is 0.175 e. The van der Waals surface area contributed by atoms with Gasteiger partial charge in [0.2, 0.25) is 0 Å². The second-order valence-electron chi connectivity index (χ2n) is 4.03. The van der Waals surface area contributed by atoms with E-state index < -0.39 is 0 Å². The molecular weight excluding hydrogens is 344 g/mol. The van der Waals surface area contributed by atoms with Crippen LogP contribution in [0.15, 0.2) is 46.9 Å². The van der Waals surface area contributed by atoms with Crippen LogP contribution in [0.3, 0.4) is 0 Å². The van der Waals surface area contributed by atoms with Gasteiger partial charge in [-0.25, -0.2) is 0 Å². The van der Waals surface area contributed by atoms with Crippen LogP contribution in [0.4, 0.5) is 11.4 Å². The summed E-state index contributed by atoms with van der Waals surface area (Å²) in [6.45, 7) is 1.96. The fraction of sp³-hybridized carbons (Fsp3) is 0.0714. The number of thiocarbonyl (C=S) groups is 1. The molecule has 2 rings (SSSR count). The third-order valence-electron chi connectivity index (χ3n) is 2.53. The van der Waals surface area contributed by atoms with Crippen molar-refractivity contribution in [2.45, 2.75) is 6.92 Å². The topological polar surface area (TPSA) is 24.1 Å². The second-order valence-corrected chi connectivity index (χ2v) is 5.70. The molecule has 2 nitrogen and oxygen atoms in total. The van der Waals surface area contributed by atoms with Gasteiger partial charge < -0.3 is 10.6 Å². The van der Waals surface area contributed by atoms with Gasteiger partial charge in [0.15, 0.2) is 5.11 Å². The molecule has 2 aromatic carbocycles. The molecule has 0 saturated carbocycles. The normalized spacial score (nSPS) is 10.1. The van der Waals surface area contributed by atoms with Crippen molar-refractivity contribution in [1.29, 1.82) is 0 Å². The summed E-state index contributed by atoms with van der Waals surface area (Å²) in [5, 5.41) is 7.45. The van der Waals surface area contributed by atoms with Gasteiger partial charge in [0, 0.05) is 15.2 Å². The van der Waals surface area contributed by atoms with E-state index in [1.165, 1.54) is 0 Å². The molecule has 19 heavy (non-hydrogen) atoms. The van der Waals surface area contributed by atoms with Crippen LogP contribution in [-0.2, 0) is 0 Å². The van der Waals surface area contributed by atoms with E-state index in [1.54, 1.807) is 0 Å². The first-order valence-corrected chi connectivity index (χ1v) is 7.23. The number of rotatable bonds is 2. The summed E-state index contributed by atoms with van der Waals surface area (Å²) in [6, 6.07) is 13.6. The molecule has 0 spiro atoms. The number of anilines is 2. The lowest BCUT2D eigenvalue weighted by Gasteiger charge is -2.13. The van der Waals surface area contributed by atoms with E-state index in [1.807, 2.05) is 49.4 Å². The SMILES string of the molecule is Cc1cc(Br)c(NC(=S)Nc2ccccc2)cc1Cl. The molecule has 2 N–H and O–H groups in total. The summed E-state index contributed by atoms with van der Waals surface area (Å²) in [5.41, 5.74) is 2.79. The van der Waals surface area contributed by atoms with Crippen molar-refractivity contribution < 1.29 is 0 Å². The zero-order valence-corrected chi connectivity index (χ0v) is 13.4. The number of aryl methyl sites for hydroxylation is 1. The Kier molecular flexibility index (Phi) is 4.80. The first-order valence-electron chi connectivity index (χ1n) is 5.65. The largest absolute Gasteiger partial charge is 0.332 e. The first-order chi connectivity index (χ1) is 9.06. The maximum atomic E-state index is 6.10. The minimum absolute atomic E-state index is 0.520. The molecule has 0 unspecified atom stereocenters. The quantitative estimate of drug-likeness (QED) is 0.722. The van der Waals surface area contributed by atoms with E-state index in [0.717, 1.165) is 21.4 Å². The highest BCUT2D eigenvalue weighted by molar-refractivity contribution is 9.10. The highest BCUT2D eigenvalue weighted by atomic mass is 79.9. The van der Waals surface area contributed by atoms with Gasteiger partial charge in [0.25, 0.3) is 0 Å². The molecule has 0 bridgehead atoms. The molecule has 0 amide bonds. The highest BCUT2D eigenvalue weighted by Gasteiger charge is 2.06. The lowest BCUT2D eigenvalue weighted by molar-refractivity contribution is 1.44. The predicted octanol–water partition coefficient (Wildman–Crippen LogP) is 5.22. The predicted molar refractivity (Wildman–Crippen MR) is 90.2 cm³/mol. The molecule has 0 aliphatic carbocycles. The van der Waals surface area contributed by atoms with Crippen molar-refractivity contribution >= 4 is 56.2 Å². The summed E-state index contributed by atoms with van der Waals surface area (Å²) in [6.07, 6.45) is 0. The van der Waals surface area contributed by atoms with E-state index in [9.17, 15) is 0 Å². The lowest BCUT2D eigenvalue weighted by atomic mass is 10.2. The number of nitrogens with one attached hydrogen (secondary N) is 2. The molecule has 0 fully saturated rings. The summed E-state index contributed by atoms with van der Waals surface area (Å²) in [5.74, 6) is 0. The Morgan fingerprint density at radius 1 is 1.16 bits per heavy atom. The van der Waals surface area contributed by atoms with Gasteiger partial charge in [-0.15, -0.1) is 0 Å². The average molecular weight is 356 g/mol. The summed E-state index contributed by atoms with van der Waals surface area (Å²) in [7, 11) is 0. The minimum Gasteiger partial charge on any atom is -0.332 e. The van der Waals surface area contributed by atoms with Gasteiger partial charge in [-0.3, -0.25) is 0 Å². The zero-order valence-electron chi connectivity index (χ0n) is 10.2. The van der Waals surface area contributed by atoms with Gasteiger partial charge in [-0.05, 0) is 64.9 Å². The number of benzene rings is 2. The van der Waals surface area contributed by atoms with Gasteiger partial charge in [0.1, 0.15) is 0 Å². The Morgan fingerprint density at radius 3 is 2.53 bits per heavy atom. The molecular formula is C14H12BrClN2S. The van der Waals surface area contributed by atoms with Crippen LogP contribution in [-0.4, -0.2) is 5.11 Å². The fourth-order valence-electron chi connectivity index (χ4n) is 1.55. The molecule has 0 saturated heterocycles. The van der Waals surface area contributed by atoms with E-state index >= 15 is 0 Å². The van der Waals surface area contributed by atoms with Crippen LogP contribution in [0.25, 0.3) is 0 Å². The van der Waals surface area contributed by atoms with Crippen LogP contribution in [0, 0.1) is 6.92 Å². The van der Waals surface area contributed by atoms with Crippen LogP contribution in [0.5, 0.6) is 0 Å². The highest BCUT2D eigenvalue weighted by Crippen LogP contribution is 2.29. The Morgan fingerprint density at radius 2 is 1.84 bits per heavy atom. The molecule has 2 aromatic rings. The minimum atomic E-state index is 0.520. The summed E-state index contributed by atoms with van der Waals surface area (Å²) >= 11 is 14.9. The van der Waals surface area contributed by atoms with Gasteiger partial charge in [-0.1, -0.05) is 29.8 Å². The van der Waals surface area contributed by atoms with Crippen molar-refractivity contribution in [3.05, 3.63) is 57.5 Å². The Hall–Kier alpha value is -1.10. The molecule has 0 aliphatic heterocycles. The summed E-state index contributed by atoms with van der Waals surface area (Å²) in [4.78, 5) is 0. The number of halogens is 2. The molecule has 0 radical (unpaired) electrons. The van der Waals surface area contributed by atoms with Crippen LogP contribution in [0.2, 0.25) is 5.02 Å². The standard InChI is InChI=1S/C14H12BrClN2S/c1-9-7-11(15)13(8-12(9)16)18-14(19)17-10-5-3-2-4-6-10/h2-8H,1H3,(H2,17,18,19). The third-order valence-corrected chi connectivity index (χ3v) is 3.80. The molecule has 5 heteroatoms. The average Bonchev–Trinajstić information content (AvgIpc) is 2.37. The van der Waals surface area contributed by atoms with Crippen molar-refractivity contribution in [3.8, 4) is 0 Å². The first kappa shape index (κ1) is 14.3. The number of para-hydroxylation sites is 1. The molecule has 0 aliphatic rings. The number of hydrogen-bond acceptors (Lipinski definition) is 1. The molecule has 0 atom stereocenters. The second kappa shape index (κ2) is 6.37. The monoisotopic (exact) mass is 354 g/mol. The van der Waals surface area contributed by atoms with Crippen molar-refractivity contribution in [1.82, 2.24) is 0 Å². The van der Waals surface area contributed by atoms with Gasteiger partial charge >= 0.3 is 0 Å². The van der Waals surface area contributed by atoms with E-state index in [-0.39, 0.29) is 0 Å². The third kappa shape index (κ3) is 3.93. The smallest absolute Gasteiger partial charge is 0.175 e. The van der Waals surface area contributed by atoms with Crippen molar-refractivity contribution in [3.63, 3.8) is 0 Å². The van der Waals surface area contributed by atoms with Crippen molar-refractivity contribution in [2.24, 2.45) is 0 Å². The van der Waals surface area contributed by atoms with E-state index in [2.05, 4.69) is 26.6 Å². The molecule has 98 valence electrons. The van der Waals surface area contributed by atoms with Crippen LogP contribution in [0.1, 0.15) is 5.56 Å². The molecule has 0 aromatic heterocycles. The van der Waals surface area contributed by atoms with Crippen molar-refractivity contribution in [2.75, 3.05) is 10.6 Å². The number of hydrogen-bond donors (Lipinski definition) is 2. The Labute approximate surface area is 131 Å². The molecule has 0 heterocycles. The van der Waals surface area contributed by atoms with Gasteiger partial charge in [0.05, 0.1) is 5.69 Å². The maximum absolute atomic E-state index is 6.10. The fourth-order valence-corrected chi connectivity index (χ4v) is 2.50.